The number of pyridine rings is 1. The molecular formula is C16H19N3O. The fraction of sp³-hybridized carbons (Fsp3) is 0.375. The lowest BCUT2D eigenvalue weighted by atomic mass is 9.98. The van der Waals surface area contributed by atoms with Gasteiger partial charge in [0.25, 0.3) is 5.91 Å². The minimum atomic E-state index is -0.187. The second kappa shape index (κ2) is 4.87. The Labute approximate surface area is 118 Å². The van der Waals surface area contributed by atoms with E-state index in [-0.39, 0.29) is 11.4 Å². The van der Waals surface area contributed by atoms with Crippen LogP contribution in [-0.2, 0) is 0 Å². The summed E-state index contributed by atoms with van der Waals surface area (Å²) in [6, 6.07) is 9.84. The van der Waals surface area contributed by atoms with Crippen molar-refractivity contribution in [2.75, 3.05) is 19.6 Å². The SMILES string of the molecule is CC1(C)CNCCN1C(=O)c1nccc2ccccc12. The number of nitrogens with one attached hydrogen (secondary N) is 1. The fourth-order valence-electron chi connectivity index (χ4n) is 2.78. The summed E-state index contributed by atoms with van der Waals surface area (Å²) >= 11 is 0. The zero-order valence-corrected chi connectivity index (χ0v) is 11.9. The van der Waals surface area contributed by atoms with Crippen LogP contribution in [0.1, 0.15) is 24.3 Å². The van der Waals surface area contributed by atoms with E-state index in [1.807, 2.05) is 35.2 Å². The number of hydrogen-bond donors (Lipinski definition) is 1. The molecule has 1 N–H and O–H groups in total. The van der Waals surface area contributed by atoms with E-state index in [1.54, 1.807) is 6.20 Å². The van der Waals surface area contributed by atoms with Crippen LogP contribution < -0.4 is 5.32 Å². The van der Waals surface area contributed by atoms with Gasteiger partial charge in [0, 0.05) is 31.2 Å². The summed E-state index contributed by atoms with van der Waals surface area (Å²) < 4.78 is 0. The van der Waals surface area contributed by atoms with Crippen LogP contribution >= 0.6 is 0 Å². The van der Waals surface area contributed by atoms with E-state index >= 15 is 0 Å². The van der Waals surface area contributed by atoms with Crippen LogP contribution in [0.15, 0.2) is 36.5 Å². The van der Waals surface area contributed by atoms with Crippen LogP contribution in [0.25, 0.3) is 10.8 Å². The molecule has 0 radical (unpaired) electrons. The van der Waals surface area contributed by atoms with Gasteiger partial charge in [0.15, 0.2) is 0 Å². The monoisotopic (exact) mass is 269 g/mol. The summed E-state index contributed by atoms with van der Waals surface area (Å²) in [6.45, 7) is 6.53. The maximum absolute atomic E-state index is 12.9. The molecule has 1 aromatic heterocycles. The van der Waals surface area contributed by atoms with Gasteiger partial charge in [0.2, 0.25) is 0 Å². The largest absolute Gasteiger partial charge is 0.330 e. The van der Waals surface area contributed by atoms with Crippen molar-refractivity contribution in [1.82, 2.24) is 15.2 Å². The van der Waals surface area contributed by atoms with Crippen LogP contribution in [0, 0.1) is 0 Å². The summed E-state index contributed by atoms with van der Waals surface area (Å²) in [5.74, 6) is 0.0216. The summed E-state index contributed by atoms with van der Waals surface area (Å²) in [7, 11) is 0. The van der Waals surface area contributed by atoms with Crippen molar-refractivity contribution < 1.29 is 4.79 Å². The predicted octanol–water partition coefficient (Wildman–Crippen LogP) is 2.06. The summed E-state index contributed by atoms with van der Waals surface area (Å²) in [4.78, 5) is 19.1. The maximum Gasteiger partial charge on any atom is 0.273 e. The van der Waals surface area contributed by atoms with E-state index in [2.05, 4.69) is 24.1 Å². The fourth-order valence-corrected chi connectivity index (χ4v) is 2.78. The van der Waals surface area contributed by atoms with E-state index in [4.69, 9.17) is 0 Å². The lowest BCUT2D eigenvalue weighted by Crippen LogP contribution is -2.60. The predicted molar refractivity (Wildman–Crippen MR) is 79.7 cm³/mol. The molecule has 1 saturated heterocycles. The number of rotatable bonds is 1. The Hall–Kier alpha value is -1.94. The molecule has 0 bridgehead atoms. The summed E-state index contributed by atoms with van der Waals surface area (Å²) in [5.41, 5.74) is 0.367. The number of hydrogen-bond acceptors (Lipinski definition) is 3. The van der Waals surface area contributed by atoms with E-state index in [0.717, 1.165) is 30.4 Å². The number of piperazine rings is 1. The number of aromatic nitrogens is 1. The molecule has 1 aliphatic rings. The third-order valence-electron chi connectivity index (χ3n) is 3.92. The topological polar surface area (TPSA) is 45.2 Å². The molecule has 20 heavy (non-hydrogen) atoms. The Bertz CT molecular complexity index is 646. The molecule has 0 atom stereocenters. The van der Waals surface area contributed by atoms with Crippen molar-refractivity contribution in [2.24, 2.45) is 0 Å². The molecule has 2 heterocycles. The zero-order chi connectivity index (χ0) is 14.2. The Balaban J connectivity index is 2.04. The number of carbonyl (C=O) groups excluding carboxylic acids is 1. The van der Waals surface area contributed by atoms with Gasteiger partial charge >= 0.3 is 0 Å². The van der Waals surface area contributed by atoms with E-state index < -0.39 is 0 Å². The lowest BCUT2D eigenvalue weighted by Gasteiger charge is -2.42. The minimum Gasteiger partial charge on any atom is -0.330 e. The van der Waals surface area contributed by atoms with Gasteiger partial charge in [-0.1, -0.05) is 24.3 Å². The van der Waals surface area contributed by atoms with Crippen LogP contribution in [0.3, 0.4) is 0 Å². The molecule has 104 valence electrons. The molecule has 0 spiro atoms. The average Bonchev–Trinajstić information content (AvgIpc) is 2.45. The first kappa shape index (κ1) is 13.1. The Morgan fingerprint density at radius 3 is 2.90 bits per heavy atom. The molecular weight excluding hydrogens is 250 g/mol. The molecule has 1 fully saturated rings. The van der Waals surface area contributed by atoms with Gasteiger partial charge in [-0.25, -0.2) is 0 Å². The van der Waals surface area contributed by atoms with Gasteiger partial charge in [0.1, 0.15) is 5.69 Å². The smallest absolute Gasteiger partial charge is 0.273 e. The van der Waals surface area contributed by atoms with Gasteiger partial charge in [-0.2, -0.15) is 0 Å². The Morgan fingerprint density at radius 1 is 1.30 bits per heavy atom. The molecule has 1 aliphatic heterocycles. The molecule has 1 aromatic carbocycles. The van der Waals surface area contributed by atoms with E-state index in [1.165, 1.54) is 0 Å². The van der Waals surface area contributed by atoms with Crippen molar-refractivity contribution in [2.45, 2.75) is 19.4 Å². The highest BCUT2D eigenvalue weighted by atomic mass is 16.2. The van der Waals surface area contributed by atoms with Crippen molar-refractivity contribution >= 4 is 16.7 Å². The number of carbonyl (C=O) groups is 1. The van der Waals surface area contributed by atoms with Gasteiger partial charge < -0.3 is 10.2 Å². The molecule has 3 rings (SSSR count). The third kappa shape index (κ3) is 2.16. The van der Waals surface area contributed by atoms with Crippen LogP contribution in [0.2, 0.25) is 0 Å². The Kier molecular flexibility index (Phi) is 3.18. The minimum absolute atomic E-state index is 0.0216. The van der Waals surface area contributed by atoms with Crippen LogP contribution in [0.4, 0.5) is 0 Å². The number of nitrogens with zero attached hydrogens (tertiary/aromatic N) is 2. The number of benzene rings is 1. The number of amides is 1. The lowest BCUT2D eigenvalue weighted by molar-refractivity contribution is 0.0473. The normalized spacial score (nSPS) is 18.2. The van der Waals surface area contributed by atoms with E-state index in [9.17, 15) is 4.79 Å². The first-order valence-corrected chi connectivity index (χ1v) is 6.96. The highest BCUT2D eigenvalue weighted by molar-refractivity contribution is 6.05. The molecule has 1 amide bonds. The van der Waals surface area contributed by atoms with Gasteiger partial charge in [-0.15, -0.1) is 0 Å². The maximum atomic E-state index is 12.9. The van der Waals surface area contributed by atoms with E-state index in [0.29, 0.717) is 5.69 Å². The molecule has 2 aromatic rings. The second-order valence-corrected chi connectivity index (χ2v) is 5.83. The standard InChI is InChI=1S/C16H19N3O/c1-16(2)11-17-9-10-19(16)15(20)14-13-6-4-3-5-12(13)7-8-18-14/h3-8,17H,9-11H2,1-2H3. The molecule has 4 heteroatoms. The van der Waals surface area contributed by atoms with Gasteiger partial charge in [-0.05, 0) is 25.3 Å². The molecule has 0 aliphatic carbocycles. The van der Waals surface area contributed by atoms with Crippen molar-refractivity contribution in [3.05, 3.63) is 42.2 Å². The Morgan fingerprint density at radius 2 is 2.10 bits per heavy atom. The second-order valence-electron chi connectivity index (χ2n) is 5.83. The highest BCUT2D eigenvalue weighted by Crippen LogP contribution is 2.23. The molecule has 4 nitrogen and oxygen atoms in total. The van der Waals surface area contributed by atoms with Crippen molar-refractivity contribution in [3.8, 4) is 0 Å². The van der Waals surface area contributed by atoms with Crippen molar-refractivity contribution in [3.63, 3.8) is 0 Å². The van der Waals surface area contributed by atoms with Gasteiger partial charge in [0.05, 0.1) is 5.54 Å². The first-order chi connectivity index (χ1) is 9.59. The quantitative estimate of drug-likeness (QED) is 0.862. The zero-order valence-electron chi connectivity index (χ0n) is 11.9. The van der Waals surface area contributed by atoms with Crippen LogP contribution in [0.5, 0.6) is 0 Å². The van der Waals surface area contributed by atoms with Crippen LogP contribution in [-0.4, -0.2) is 41.0 Å². The molecule has 0 saturated carbocycles. The highest BCUT2D eigenvalue weighted by Gasteiger charge is 2.34. The summed E-state index contributed by atoms with van der Waals surface area (Å²) in [6.07, 6.45) is 1.71. The summed E-state index contributed by atoms with van der Waals surface area (Å²) in [5, 5.41) is 5.31. The third-order valence-corrected chi connectivity index (χ3v) is 3.92. The first-order valence-electron chi connectivity index (χ1n) is 6.96. The van der Waals surface area contributed by atoms with Crippen molar-refractivity contribution in [1.29, 1.82) is 0 Å². The number of fused-ring (bicyclic) bond motifs is 1. The average molecular weight is 269 g/mol. The van der Waals surface area contributed by atoms with Gasteiger partial charge in [-0.3, -0.25) is 9.78 Å². The molecule has 0 unspecified atom stereocenters.